The molecule has 3 rings (SSSR count). The zero-order valence-electron chi connectivity index (χ0n) is 19.0. The molecule has 164 valence electrons. The second-order valence-corrected chi connectivity index (χ2v) is 8.83. The standard InChI is InChI=1S/C24H35N3O3/c1-7-8-17-9-16(5)26-24(29)20(17)12-25-23(28)19-10-18(30-6)11-21-22(19)15(4)13-27(21)14(2)3/h9,11,13-14,17,19-20H,7-8,10,12H2,1-6H3,(H,25,28)(H,26,29). The average Bonchev–Trinajstić information content (AvgIpc) is 3.03. The minimum absolute atomic E-state index is 0.00213. The average molecular weight is 414 g/mol. The largest absolute Gasteiger partial charge is 0.501 e. The molecule has 30 heavy (non-hydrogen) atoms. The second-order valence-electron chi connectivity index (χ2n) is 8.83. The van der Waals surface area contributed by atoms with Gasteiger partial charge in [-0.15, -0.1) is 0 Å². The summed E-state index contributed by atoms with van der Waals surface area (Å²) in [5.41, 5.74) is 4.13. The van der Waals surface area contributed by atoms with Crippen LogP contribution >= 0.6 is 0 Å². The van der Waals surface area contributed by atoms with Gasteiger partial charge in [0, 0.05) is 36.6 Å². The molecule has 6 nitrogen and oxygen atoms in total. The summed E-state index contributed by atoms with van der Waals surface area (Å²) in [5.74, 6) is 0.369. The van der Waals surface area contributed by atoms with Crippen molar-refractivity contribution in [2.45, 2.75) is 65.8 Å². The number of aromatic nitrogens is 1. The molecule has 0 aromatic carbocycles. The number of rotatable bonds is 7. The van der Waals surface area contributed by atoms with Crippen LogP contribution in [0, 0.1) is 18.8 Å². The lowest BCUT2D eigenvalue weighted by Gasteiger charge is -2.30. The number of ether oxygens (including phenoxy) is 1. The minimum Gasteiger partial charge on any atom is -0.501 e. The lowest BCUT2D eigenvalue weighted by atomic mass is 9.83. The number of aryl methyl sites for hydroxylation is 1. The van der Waals surface area contributed by atoms with Gasteiger partial charge >= 0.3 is 0 Å². The number of nitrogens with one attached hydrogen (secondary N) is 2. The van der Waals surface area contributed by atoms with Crippen LogP contribution in [0.15, 0.2) is 23.7 Å². The number of carbonyl (C=O) groups excluding carboxylic acids is 2. The van der Waals surface area contributed by atoms with Gasteiger partial charge in [0.25, 0.3) is 0 Å². The van der Waals surface area contributed by atoms with Gasteiger partial charge in [-0.25, -0.2) is 0 Å². The number of nitrogens with zero attached hydrogens (tertiary/aromatic N) is 1. The maximum absolute atomic E-state index is 13.3. The van der Waals surface area contributed by atoms with Gasteiger partial charge in [-0.1, -0.05) is 19.4 Å². The topological polar surface area (TPSA) is 72.4 Å². The number of methoxy groups -OCH3 is 1. The molecule has 6 heteroatoms. The van der Waals surface area contributed by atoms with Crippen LogP contribution in [0.3, 0.4) is 0 Å². The molecule has 2 amide bonds. The van der Waals surface area contributed by atoms with Gasteiger partial charge in [0.05, 0.1) is 24.7 Å². The van der Waals surface area contributed by atoms with Gasteiger partial charge in [-0.05, 0) is 57.2 Å². The van der Waals surface area contributed by atoms with Crippen LogP contribution in [0.5, 0.6) is 0 Å². The zero-order chi connectivity index (χ0) is 22.0. The predicted molar refractivity (Wildman–Crippen MR) is 119 cm³/mol. The first-order chi connectivity index (χ1) is 14.3. The SMILES string of the molecule is CCCC1C=C(C)NC(=O)C1CNC(=O)C1CC(OC)=Cc2c1c(C)cn2C(C)C. The fourth-order valence-electron chi connectivity index (χ4n) is 4.76. The molecular formula is C24H35N3O3. The van der Waals surface area contributed by atoms with E-state index in [1.165, 1.54) is 0 Å². The molecule has 0 spiro atoms. The van der Waals surface area contributed by atoms with E-state index in [0.717, 1.165) is 41.1 Å². The van der Waals surface area contributed by atoms with Crippen LogP contribution in [-0.2, 0) is 14.3 Å². The Bertz CT molecular complexity index is 879. The molecule has 1 aliphatic heterocycles. The lowest BCUT2D eigenvalue weighted by Crippen LogP contribution is -2.45. The third kappa shape index (κ3) is 4.32. The zero-order valence-corrected chi connectivity index (χ0v) is 19.0. The van der Waals surface area contributed by atoms with Gasteiger partial charge in [0.15, 0.2) is 0 Å². The molecule has 2 N–H and O–H groups in total. The van der Waals surface area contributed by atoms with Crippen LogP contribution in [0.2, 0.25) is 0 Å². The predicted octanol–water partition coefficient (Wildman–Crippen LogP) is 4.03. The van der Waals surface area contributed by atoms with E-state index in [1.54, 1.807) is 7.11 Å². The van der Waals surface area contributed by atoms with Crippen molar-refractivity contribution < 1.29 is 14.3 Å². The normalized spacial score (nSPS) is 23.4. The summed E-state index contributed by atoms with van der Waals surface area (Å²) in [6.45, 7) is 10.7. The molecule has 0 fully saturated rings. The molecule has 0 saturated heterocycles. The number of amides is 2. The Morgan fingerprint density at radius 3 is 2.73 bits per heavy atom. The molecule has 2 aliphatic rings. The van der Waals surface area contributed by atoms with Crippen molar-refractivity contribution in [3.8, 4) is 0 Å². The summed E-state index contributed by atoms with van der Waals surface area (Å²) >= 11 is 0. The smallest absolute Gasteiger partial charge is 0.229 e. The Balaban J connectivity index is 1.81. The monoisotopic (exact) mass is 413 g/mol. The summed E-state index contributed by atoms with van der Waals surface area (Å²) in [5, 5.41) is 6.00. The van der Waals surface area contributed by atoms with Crippen LogP contribution in [0.4, 0.5) is 0 Å². The van der Waals surface area contributed by atoms with Gasteiger partial charge in [0.2, 0.25) is 11.8 Å². The van der Waals surface area contributed by atoms with Crippen molar-refractivity contribution in [3.05, 3.63) is 40.5 Å². The molecule has 1 aromatic heterocycles. The van der Waals surface area contributed by atoms with Crippen molar-refractivity contribution in [1.82, 2.24) is 15.2 Å². The molecule has 1 aliphatic carbocycles. The van der Waals surface area contributed by atoms with Crippen LogP contribution in [0.25, 0.3) is 6.08 Å². The minimum atomic E-state index is -0.312. The van der Waals surface area contributed by atoms with Crippen molar-refractivity contribution >= 4 is 17.9 Å². The summed E-state index contributed by atoms with van der Waals surface area (Å²) in [4.78, 5) is 25.9. The number of allylic oxidation sites excluding steroid dienone is 3. The third-order valence-corrected chi connectivity index (χ3v) is 6.25. The maximum Gasteiger partial charge on any atom is 0.229 e. The number of hydrogen-bond acceptors (Lipinski definition) is 3. The Morgan fingerprint density at radius 2 is 2.10 bits per heavy atom. The fourth-order valence-corrected chi connectivity index (χ4v) is 4.76. The highest BCUT2D eigenvalue weighted by atomic mass is 16.5. The van der Waals surface area contributed by atoms with E-state index in [0.29, 0.717) is 19.0 Å². The van der Waals surface area contributed by atoms with Crippen LogP contribution in [-0.4, -0.2) is 30.0 Å². The van der Waals surface area contributed by atoms with E-state index in [4.69, 9.17) is 4.74 Å². The highest BCUT2D eigenvalue weighted by Gasteiger charge is 2.35. The van der Waals surface area contributed by atoms with Gasteiger partial charge in [0.1, 0.15) is 0 Å². The van der Waals surface area contributed by atoms with E-state index in [2.05, 4.69) is 55.2 Å². The van der Waals surface area contributed by atoms with Crippen molar-refractivity contribution in [1.29, 1.82) is 0 Å². The van der Waals surface area contributed by atoms with Crippen molar-refractivity contribution in [2.24, 2.45) is 11.8 Å². The molecule has 0 saturated carbocycles. The lowest BCUT2D eigenvalue weighted by molar-refractivity contribution is -0.127. The molecule has 2 heterocycles. The molecule has 3 atom stereocenters. The summed E-state index contributed by atoms with van der Waals surface area (Å²) in [6.07, 6.45) is 8.76. The van der Waals surface area contributed by atoms with Crippen LogP contribution in [0.1, 0.15) is 75.7 Å². The highest BCUT2D eigenvalue weighted by molar-refractivity contribution is 5.88. The quantitative estimate of drug-likeness (QED) is 0.709. The van der Waals surface area contributed by atoms with Gasteiger partial charge in [-0.2, -0.15) is 0 Å². The first-order valence-corrected chi connectivity index (χ1v) is 11.0. The van der Waals surface area contributed by atoms with Crippen LogP contribution < -0.4 is 10.6 Å². The summed E-state index contributed by atoms with van der Waals surface area (Å²) in [6, 6.07) is 0.291. The Kier molecular flexibility index (Phi) is 6.74. The fraction of sp³-hybridized carbons (Fsp3) is 0.583. The van der Waals surface area contributed by atoms with Gasteiger partial charge in [-0.3, -0.25) is 9.59 Å². The maximum atomic E-state index is 13.3. The Morgan fingerprint density at radius 1 is 1.37 bits per heavy atom. The molecule has 0 radical (unpaired) electrons. The van der Waals surface area contributed by atoms with Gasteiger partial charge < -0.3 is 19.9 Å². The summed E-state index contributed by atoms with van der Waals surface area (Å²) < 4.78 is 7.74. The number of fused-ring (bicyclic) bond motifs is 1. The van der Waals surface area contributed by atoms with E-state index in [9.17, 15) is 9.59 Å². The number of carbonyl (C=O) groups is 2. The first-order valence-electron chi connectivity index (χ1n) is 11.0. The highest BCUT2D eigenvalue weighted by Crippen LogP contribution is 2.38. The molecular weight excluding hydrogens is 378 g/mol. The summed E-state index contributed by atoms with van der Waals surface area (Å²) in [7, 11) is 1.65. The van der Waals surface area contributed by atoms with Crippen molar-refractivity contribution in [2.75, 3.05) is 13.7 Å². The van der Waals surface area contributed by atoms with E-state index in [-0.39, 0.29) is 29.6 Å². The Hall–Kier alpha value is -2.50. The molecule has 3 unspecified atom stereocenters. The van der Waals surface area contributed by atoms with E-state index in [1.807, 2.05) is 13.0 Å². The van der Waals surface area contributed by atoms with E-state index < -0.39 is 0 Å². The molecule has 1 aromatic rings. The van der Waals surface area contributed by atoms with E-state index >= 15 is 0 Å². The second kappa shape index (κ2) is 9.11. The third-order valence-electron chi connectivity index (χ3n) is 6.25. The Labute approximate surface area is 179 Å². The van der Waals surface area contributed by atoms with Crippen molar-refractivity contribution in [3.63, 3.8) is 0 Å². The first kappa shape index (κ1) is 22.2. The number of hydrogen-bond donors (Lipinski definition) is 2. The molecule has 0 bridgehead atoms.